The van der Waals surface area contributed by atoms with Crippen molar-refractivity contribution in [3.8, 4) is 0 Å². The van der Waals surface area contributed by atoms with Crippen molar-refractivity contribution in [1.82, 2.24) is 9.88 Å². The minimum Gasteiger partial charge on any atom is -0.346 e. The van der Waals surface area contributed by atoms with E-state index in [1.54, 1.807) is 5.56 Å². The molecule has 1 N–H and O–H groups in total. The highest BCUT2D eigenvalue weighted by Gasteiger charge is 2.19. The number of benzene rings is 1. The maximum Gasteiger partial charge on any atom is 0.0515 e. The molecule has 0 atom stereocenters. The fourth-order valence-electron chi connectivity index (χ4n) is 3.18. The minimum absolute atomic E-state index is 1.01. The van der Waals surface area contributed by atoms with Gasteiger partial charge >= 0.3 is 0 Å². The Morgan fingerprint density at radius 1 is 1.18 bits per heavy atom. The Bertz CT molecular complexity index is 578. The summed E-state index contributed by atoms with van der Waals surface area (Å²) in [5.74, 6) is 0. The lowest BCUT2D eigenvalue weighted by Crippen LogP contribution is -2.14. The van der Waals surface area contributed by atoms with E-state index in [1.807, 2.05) is 0 Å². The lowest BCUT2D eigenvalue weighted by molar-refractivity contribution is 0.660. The van der Waals surface area contributed by atoms with E-state index in [0.29, 0.717) is 0 Å². The number of hydrogen-bond acceptors (Lipinski definition) is 1. The van der Waals surface area contributed by atoms with Crippen molar-refractivity contribution in [1.29, 1.82) is 0 Å². The number of aromatic nitrogens is 1. The van der Waals surface area contributed by atoms with E-state index in [2.05, 4.69) is 42.9 Å². The third kappa shape index (κ3) is 1.51. The Balaban J connectivity index is 2.41. The third-order valence-corrected chi connectivity index (χ3v) is 4.05. The summed E-state index contributed by atoms with van der Waals surface area (Å²) < 4.78 is 2.39. The van der Waals surface area contributed by atoms with Gasteiger partial charge < -0.3 is 9.88 Å². The summed E-state index contributed by atoms with van der Waals surface area (Å²) >= 11 is 0. The summed E-state index contributed by atoms with van der Waals surface area (Å²) in [7, 11) is 2.21. The van der Waals surface area contributed by atoms with Gasteiger partial charge in [-0.3, -0.25) is 0 Å². The first kappa shape index (κ1) is 10.8. The zero-order chi connectivity index (χ0) is 12.0. The third-order valence-electron chi connectivity index (χ3n) is 4.05. The monoisotopic (exact) mass is 228 g/mol. The maximum absolute atomic E-state index is 3.52. The molecule has 1 aromatic carbocycles. The van der Waals surface area contributed by atoms with E-state index in [4.69, 9.17) is 0 Å². The Morgan fingerprint density at radius 2 is 1.94 bits per heavy atom. The predicted octanol–water partition coefficient (Wildman–Crippen LogP) is 2.83. The summed E-state index contributed by atoms with van der Waals surface area (Å²) in [5.41, 5.74) is 7.30. The topological polar surface area (TPSA) is 17.0 Å². The van der Waals surface area contributed by atoms with Gasteiger partial charge in [-0.25, -0.2) is 0 Å². The zero-order valence-electron chi connectivity index (χ0n) is 10.9. The summed E-state index contributed by atoms with van der Waals surface area (Å²) in [4.78, 5) is 0. The number of hydrogen-bond donors (Lipinski definition) is 1. The Hall–Kier alpha value is -1.28. The van der Waals surface area contributed by atoms with Crippen molar-refractivity contribution in [3.63, 3.8) is 0 Å². The fraction of sp³-hybridized carbons (Fsp3) is 0.467. The van der Waals surface area contributed by atoms with Crippen LogP contribution in [0.4, 0.5) is 0 Å². The highest BCUT2D eigenvalue weighted by Crippen LogP contribution is 2.32. The van der Waals surface area contributed by atoms with Crippen LogP contribution in [0, 0.1) is 13.8 Å². The number of nitrogens with zero attached hydrogens (tertiary/aromatic N) is 1. The van der Waals surface area contributed by atoms with Crippen molar-refractivity contribution in [3.05, 3.63) is 34.5 Å². The molecule has 3 rings (SSSR count). The number of nitrogens with one attached hydrogen (secondary N) is 1. The molecule has 0 bridgehead atoms. The van der Waals surface area contributed by atoms with Gasteiger partial charge in [0.15, 0.2) is 0 Å². The molecule has 1 aromatic heterocycles. The molecule has 0 aliphatic carbocycles. The quantitative estimate of drug-likeness (QED) is 0.733. The van der Waals surface area contributed by atoms with Crippen LogP contribution < -0.4 is 5.32 Å². The van der Waals surface area contributed by atoms with Crippen molar-refractivity contribution in [2.45, 2.75) is 33.2 Å². The predicted molar refractivity (Wildman–Crippen MR) is 72.4 cm³/mol. The molecule has 1 aliphatic rings. The van der Waals surface area contributed by atoms with Crippen LogP contribution in [0.1, 0.15) is 28.8 Å². The van der Waals surface area contributed by atoms with Crippen molar-refractivity contribution < 1.29 is 0 Å². The molecule has 1 aliphatic heterocycles. The van der Waals surface area contributed by atoms with Crippen LogP contribution in [0.5, 0.6) is 0 Å². The van der Waals surface area contributed by atoms with Gasteiger partial charge in [0.2, 0.25) is 0 Å². The normalized spacial score (nSPS) is 15.9. The molecule has 90 valence electrons. The molecule has 2 nitrogen and oxygen atoms in total. The Kier molecular flexibility index (Phi) is 2.48. The molecule has 0 unspecified atom stereocenters. The fourth-order valence-corrected chi connectivity index (χ4v) is 3.18. The number of aryl methyl sites for hydroxylation is 4. The van der Waals surface area contributed by atoms with Crippen LogP contribution in [0.25, 0.3) is 10.9 Å². The van der Waals surface area contributed by atoms with E-state index in [0.717, 1.165) is 13.1 Å². The SMILES string of the molecule is Cc1ccc(C)c2c1c1c(n2C)CNCCC1. The van der Waals surface area contributed by atoms with Gasteiger partial charge in [0, 0.05) is 24.7 Å². The standard InChI is InChI=1S/C15H20N2/c1-10-6-7-11(2)15-14(10)12-5-4-8-16-9-13(12)17(15)3/h6-7,16H,4-5,8-9H2,1-3H3. The van der Waals surface area contributed by atoms with Crippen LogP contribution in [0.3, 0.4) is 0 Å². The summed E-state index contributed by atoms with van der Waals surface area (Å²) in [6, 6.07) is 4.50. The van der Waals surface area contributed by atoms with Gasteiger partial charge in [-0.05, 0) is 49.9 Å². The van der Waals surface area contributed by atoms with Gasteiger partial charge in [0.05, 0.1) is 5.52 Å². The summed E-state index contributed by atoms with van der Waals surface area (Å²) in [5, 5.41) is 5.03. The van der Waals surface area contributed by atoms with E-state index in [9.17, 15) is 0 Å². The van der Waals surface area contributed by atoms with Gasteiger partial charge in [-0.15, -0.1) is 0 Å². The molecular weight excluding hydrogens is 208 g/mol. The molecule has 2 heterocycles. The second-order valence-electron chi connectivity index (χ2n) is 5.19. The second-order valence-corrected chi connectivity index (χ2v) is 5.19. The van der Waals surface area contributed by atoms with E-state index in [1.165, 1.54) is 40.6 Å². The molecular formula is C15H20N2. The first-order valence-electron chi connectivity index (χ1n) is 6.47. The molecule has 0 saturated heterocycles. The van der Waals surface area contributed by atoms with Gasteiger partial charge in [0.1, 0.15) is 0 Å². The van der Waals surface area contributed by atoms with Crippen LogP contribution in [-0.4, -0.2) is 11.1 Å². The first-order valence-corrected chi connectivity index (χ1v) is 6.47. The van der Waals surface area contributed by atoms with Crippen LogP contribution in [0.15, 0.2) is 12.1 Å². The molecule has 0 saturated carbocycles. The minimum atomic E-state index is 1.01. The van der Waals surface area contributed by atoms with Gasteiger partial charge in [-0.2, -0.15) is 0 Å². The molecule has 2 aromatic rings. The first-order chi connectivity index (χ1) is 8.20. The second kappa shape index (κ2) is 3.88. The number of rotatable bonds is 0. The largest absolute Gasteiger partial charge is 0.346 e. The van der Waals surface area contributed by atoms with Crippen molar-refractivity contribution in [2.24, 2.45) is 7.05 Å². The molecule has 0 radical (unpaired) electrons. The summed E-state index contributed by atoms with van der Waals surface area (Å²) in [6.45, 7) is 6.61. The molecule has 17 heavy (non-hydrogen) atoms. The molecule has 0 fully saturated rings. The van der Waals surface area contributed by atoms with Crippen LogP contribution in [-0.2, 0) is 20.0 Å². The van der Waals surface area contributed by atoms with Crippen LogP contribution >= 0.6 is 0 Å². The van der Waals surface area contributed by atoms with Gasteiger partial charge in [0.25, 0.3) is 0 Å². The van der Waals surface area contributed by atoms with Crippen molar-refractivity contribution in [2.75, 3.05) is 6.54 Å². The lowest BCUT2D eigenvalue weighted by atomic mass is 10.0. The van der Waals surface area contributed by atoms with Crippen LogP contribution in [0.2, 0.25) is 0 Å². The van der Waals surface area contributed by atoms with Gasteiger partial charge in [-0.1, -0.05) is 12.1 Å². The zero-order valence-corrected chi connectivity index (χ0v) is 10.9. The molecule has 0 amide bonds. The number of fused-ring (bicyclic) bond motifs is 3. The van der Waals surface area contributed by atoms with E-state index in [-0.39, 0.29) is 0 Å². The van der Waals surface area contributed by atoms with Crippen molar-refractivity contribution >= 4 is 10.9 Å². The highest BCUT2D eigenvalue weighted by molar-refractivity contribution is 5.91. The average Bonchev–Trinajstić information content (AvgIpc) is 2.51. The Labute approximate surface area is 103 Å². The highest BCUT2D eigenvalue weighted by atomic mass is 15.0. The van der Waals surface area contributed by atoms with E-state index >= 15 is 0 Å². The summed E-state index contributed by atoms with van der Waals surface area (Å²) in [6.07, 6.45) is 2.46. The molecule has 0 spiro atoms. The average molecular weight is 228 g/mol. The van der Waals surface area contributed by atoms with E-state index < -0.39 is 0 Å². The molecule has 2 heteroatoms. The Morgan fingerprint density at radius 3 is 2.76 bits per heavy atom. The maximum atomic E-state index is 3.52. The lowest BCUT2D eigenvalue weighted by Gasteiger charge is -2.06. The smallest absolute Gasteiger partial charge is 0.0515 e.